The number of aromatic nitrogens is 4. The second-order valence-corrected chi connectivity index (χ2v) is 8.88. The van der Waals surface area contributed by atoms with E-state index in [1.165, 1.54) is 0 Å². The van der Waals surface area contributed by atoms with Crippen LogP contribution in [0.4, 0.5) is 11.5 Å². The third-order valence-corrected chi connectivity index (χ3v) is 6.45. The average Bonchev–Trinajstić information content (AvgIpc) is 3.18. The van der Waals surface area contributed by atoms with Gasteiger partial charge in [-0.3, -0.25) is 14.6 Å². The number of fused-ring (bicyclic) bond motifs is 2. The van der Waals surface area contributed by atoms with Gasteiger partial charge in [-0.05, 0) is 32.0 Å². The van der Waals surface area contributed by atoms with Crippen LogP contribution in [0.5, 0.6) is 11.5 Å². The predicted octanol–water partition coefficient (Wildman–Crippen LogP) is 4.41. The lowest BCUT2D eigenvalue weighted by atomic mass is 10.1. The molecule has 0 N–H and O–H groups in total. The van der Waals surface area contributed by atoms with E-state index in [1.807, 2.05) is 43.8 Å². The Labute approximate surface area is 199 Å². The fraction of sp³-hybridized carbons (Fsp3) is 0.346. The van der Waals surface area contributed by atoms with Crippen molar-refractivity contribution in [2.24, 2.45) is 7.05 Å². The minimum Gasteiger partial charge on any atom is -0.497 e. The molecule has 0 amide bonds. The number of rotatable bonds is 5. The number of anilines is 2. The zero-order valence-corrected chi connectivity index (χ0v) is 20.3. The van der Waals surface area contributed by atoms with Crippen LogP contribution in [-0.2, 0) is 13.6 Å². The molecule has 1 aliphatic heterocycles. The van der Waals surface area contributed by atoms with Crippen LogP contribution in [0, 0.1) is 0 Å². The van der Waals surface area contributed by atoms with Gasteiger partial charge in [-0.1, -0.05) is 0 Å². The van der Waals surface area contributed by atoms with Crippen LogP contribution in [0.2, 0.25) is 0 Å². The van der Waals surface area contributed by atoms with Crippen molar-refractivity contribution >= 4 is 22.5 Å². The van der Waals surface area contributed by atoms with Crippen molar-refractivity contribution in [3.63, 3.8) is 0 Å². The third kappa shape index (κ3) is 4.05. The molecule has 0 aliphatic carbocycles. The van der Waals surface area contributed by atoms with Crippen LogP contribution in [0.15, 0.2) is 48.9 Å². The number of benzene rings is 1. The second-order valence-electron chi connectivity index (χ2n) is 8.88. The van der Waals surface area contributed by atoms with Gasteiger partial charge in [0.05, 0.1) is 37.1 Å². The lowest BCUT2D eigenvalue weighted by molar-refractivity contribution is 0.221. The molecule has 0 atom stereocenters. The number of nitrogens with zero attached hydrogens (tertiary/aromatic N) is 6. The van der Waals surface area contributed by atoms with Crippen molar-refractivity contribution in [1.29, 1.82) is 0 Å². The van der Waals surface area contributed by atoms with E-state index in [0.717, 1.165) is 70.4 Å². The topological polar surface area (TPSA) is 68.5 Å². The van der Waals surface area contributed by atoms with Gasteiger partial charge in [-0.25, -0.2) is 4.98 Å². The second kappa shape index (κ2) is 8.95. The Morgan fingerprint density at radius 1 is 0.941 bits per heavy atom. The Morgan fingerprint density at radius 2 is 1.79 bits per heavy atom. The maximum absolute atomic E-state index is 5.79. The maximum atomic E-state index is 5.79. The molecule has 34 heavy (non-hydrogen) atoms. The Hall–Kier alpha value is -3.65. The number of aryl methyl sites for hydroxylation is 1. The van der Waals surface area contributed by atoms with Gasteiger partial charge < -0.3 is 14.4 Å². The fourth-order valence-electron chi connectivity index (χ4n) is 4.49. The molecule has 4 aromatic rings. The van der Waals surface area contributed by atoms with E-state index >= 15 is 0 Å². The minimum atomic E-state index is 0.412. The summed E-state index contributed by atoms with van der Waals surface area (Å²) in [6, 6.07) is 10.6. The molecular formula is C26H30N6O2. The highest BCUT2D eigenvalue weighted by Crippen LogP contribution is 2.40. The number of hydrogen-bond acceptors (Lipinski definition) is 7. The SMILES string of the molecule is COc1cc(OC)c2c(c1)N(c1ccc3ncc(-c4cnn(C)c4)cc3n1)CCN(C(C)C)C2. The molecule has 0 saturated heterocycles. The van der Waals surface area contributed by atoms with E-state index in [-0.39, 0.29) is 0 Å². The Kier molecular flexibility index (Phi) is 5.83. The van der Waals surface area contributed by atoms with E-state index in [9.17, 15) is 0 Å². The van der Waals surface area contributed by atoms with Gasteiger partial charge in [0.2, 0.25) is 0 Å². The van der Waals surface area contributed by atoms with E-state index in [2.05, 4.69) is 45.9 Å². The summed E-state index contributed by atoms with van der Waals surface area (Å²) in [4.78, 5) is 14.4. The minimum absolute atomic E-state index is 0.412. The first kappa shape index (κ1) is 22.2. The molecule has 8 heteroatoms. The molecular weight excluding hydrogens is 428 g/mol. The Morgan fingerprint density at radius 3 is 2.50 bits per heavy atom. The van der Waals surface area contributed by atoms with E-state index in [1.54, 1.807) is 18.9 Å². The zero-order valence-electron chi connectivity index (χ0n) is 20.3. The van der Waals surface area contributed by atoms with Gasteiger partial charge in [-0.15, -0.1) is 0 Å². The quantitative estimate of drug-likeness (QED) is 0.439. The van der Waals surface area contributed by atoms with Crippen LogP contribution >= 0.6 is 0 Å². The average molecular weight is 459 g/mol. The predicted molar refractivity (Wildman–Crippen MR) is 134 cm³/mol. The number of pyridine rings is 2. The van der Waals surface area contributed by atoms with Gasteiger partial charge in [0.15, 0.2) is 0 Å². The molecule has 1 aliphatic rings. The molecule has 0 spiro atoms. The van der Waals surface area contributed by atoms with Crippen molar-refractivity contribution in [3.8, 4) is 22.6 Å². The summed E-state index contributed by atoms with van der Waals surface area (Å²) in [5.74, 6) is 2.47. The lowest BCUT2D eigenvalue weighted by Crippen LogP contribution is -2.34. The van der Waals surface area contributed by atoms with E-state index in [4.69, 9.17) is 14.5 Å². The van der Waals surface area contributed by atoms with Crippen molar-refractivity contribution in [1.82, 2.24) is 24.6 Å². The zero-order chi connectivity index (χ0) is 23.8. The van der Waals surface area contributed by atoms with Gasteiger partial charge in [0.25, 0.3) is 0 Å². The fourth-order valence-corrected chi connectivity index (χ4v) is 4.49. The van der Waals surface area contributed by atoms with Crippen LogP contribution in [0.1, 0.15) is 19.4 Å². The number of methoxy groups -OCH3 is 2. The number of hydrogen-bond donors (Lipinski definition) is 0. The van der Waals surface area contributed by atoms with Gasteiger partial charge in [0, 0.05) is 73.9 Å². The lowest BCUT2D eigenvalue weighted by Gasteiger charge is -2.25. The first-order chi connectivity index (χ1) is 16.5. The molecule has 3 aromatic heterocycles. The Bertz CT molecular complexity index is 1330. The summed E-state index contributed by atoms with van der Waals surface area (Å²) in [7, 11) is 5.31. The first-order valence-corrected chi connectivity index (χ1v) is 11.5. The summed E-state index contributed by atoms with van der Waals surface area (Å²) in [6.45, 7) is 6.97. The monoisotopic (exact) mass is 458 g/mol. The van der Waals surface area contributed by atoms with Crippen LogP contribution < -0.4 is 14.4 Å². The molecule has 4 heterocycles. The van der Waals surface area contributed by atoms with Gasteiger partial charge >= 0.3 is 0 Å². The molecule has 0 saturated carbocycles. The molecule has 8 nitrogen and oxygen atoms in total. The molecule has 1 aromatic carbocycles. The number of ether oxygens (including phenoxy) is 2. The maximum Gasteiger partial charge on any atom is 0.133 e. The molecule has 0 bridgehead atoms. The largest absolute Gasteiger partial charge is 0.497 e. The summed E-state index contributed by atoms with van der Waals surface area (Å²) in [6.07, 6.45) is 5.70. The molecule has 0 radical (unpaired) electrons. The molecule has 176 valence electrons. The normalized spacial score (nSPS) is 14.4. The van der Waals surface area contributed by atoms with Crippen LogP contribution in [-0.4, -0.2) is 58.0 Å². The van der Waals surface area contributed by atoms with Gasteiger partial charge in [-0.2, -0.15) is 5.10 Å². The summed E-state index contributed by atoms with van der Waals surface area (Å²) in [5.41, 5.74) is 5.92. The highest BCUT2D eigenvalue weighted by molar-refractivity contribution is 5.82. The van der Waals surface area contributed by atoms with Crippen molar-refractivity contribution in [3.05, 3.63) is 54.5 Å². The van der Waals surface area contributed by atoms with Crippen molar-refractivity contribution in [2.45, 2.75) is 26.4 Å². The van der Waals surface area contributed by atoms with E-state index in [0.29, 0.717) is 6.04 Å². The van der Waals surface area contributed by atoms with Crippen LogP contribution in [0.3, 0.4) is 0 Å². The highest BCUT2D eigenvalue weighted by Gasteiger charge is 2.27. The standard InChI is InChI=1S/C26H30N6O2/c1-17(2)31-8-9-32(24-11-20(33-4)12-25(34-5)21(24)16-31)26-7-6-22-23(29-26)10-18(13-27-22)19-14-28-30(3)15-19/h6-7,10-15,17H,8-9,16H2,1-5H3. The Balaban J connectivity index is 1.63. The van der Waals surface area contributed by atoms with Crippen molar-refractivity contribution < 1.29 is 9.47 Å². The molecule has 0 unspecified atom stereocenters. The molecule has 5 rings (SSSR count). The summed E-state index contributed by atoms with van der Waals surface area (Å²) < 4.78 is 13.2. The highest BCUT2D eigenvalue weighted by atomic mass is 16.5. The summed E-state index contributed by atoms with van der Waals surface area (Å²) >= 11 is 0. The van der Waals surface area contributed by atoms with Gasteiger partial charge in [0.1, 0.15) is 17.3 Å². The molecule has 0 fully saturated rings. The summed E-state index contributed by atoms with van der Waals surface area (Å²) in [5, 5.41) is 4.29. The smallest absolute Gasteiger partial charge is 0.133 e. The van der Waals surface area contributed by atoms with Crippen LogP contribution in [0.25, 0.3) is 22.2 Å². The first-order valence-electron chi connectivity index (χ1n) is 11.5. The third-order valence-electron chi connectivity index (χ3n) is 6.45. The van der Waals surface area contributed by atoms with E-state index < -0.39 is 0 Å². The van der Waals surface area contributed by atoms with Crippen molar-refractivity contribution in [2.75, 3.05) is 32.2 Å².